The third-order valence-corrected chi connectivity index (χ3v) is 7.48. The molecule has 1 fully saturated rings. The van der Waals surface area contributed by atoms with Crippen LogP contribution in [0.1, 0.15) is 26.5 Å². The fraction of sp³-hybridized carbons (Fsp3) is 0.364. The first-order valence-electron chi connectivity index (χ1n) is 14.6. The van der Waals surface area contributed by atoms with E-state index in [1.165, 1.54) is 0 Å². The number of carbonyl (C=O) groups is 1. The molecule has 11 nitrogen and oxygen atoms in total. The molecule has 3 aromatic heterocycles. The Bertz CT molecular complexity index is 1790. The van der Waals surface area contributed by atoms with Crippen LogP contribution in [0.5, 0.6) is 17.2 Å². The van der Waals surface area contributed by atoms with Gasteiger partial charge in [-0.3, -0.25) is 0 Å². The smallest absolute Gasteiger partial charge is 0.410 e. The summed E-state index contributed by atoms with van der Waals surface area (Å²) in [6.45, 7) is 9.42. The Kier molecular flexibility index (Phi) is 7.71. The number of hydrogen-bond acceptors (Lipinski definition) is 9. The second kappa shape index (κ2) is 11.6. The van der Waals surface area contributed by atoms with Crippen molar-refractivity contribution in [3.8, 4) is 28.7 Å². The second-order valence-corrected chi connectivity index (χ2v) is 11.8. The van der Waals surface area contributed by atoms with E-state index in [4.69, 9.17) is 23.4 Å². The predicted octanol–water partition coefficient (Wildman–Crippen LogP) is 5.97. The monoisotopic (exact) mass is 599 g/mol. The molecule has 1 unspecified atom stereocenters. The number of imidazole rings is 1. The molecule has 4 heterocycles. The van der Waals surface area contributed by atoms with Gasteiger partial charge in [0.15, 0.2) is 11.4 Å². The van der Waals surface area contributed by atoms with E-state index in [9.17, 15) is 4.79 Å². The van der Waals surface area contributed by atoms with Crippen LogP contribution in [-0.4, -0.2) is 77.7 Å². The van der Waals surface area contributed by atoms with Gasteiger partial charge < -0.3 is 33.2 Å². The molecule has 2 aromatic carbocycles. The molecule has 0 spiro atoms. The molecule has 1 saturated heterocycles. The Labute approximate surface area is 255 Å². The molecule has 1 aliphatic rings. The number of anilines is 1. The number of piperazine rings is 1. The van der Waals surface area contributed by atoms with Crippen molar-refractivity contribution in [1.29, 1.82) is 0 Å². The lowest BCUT2D eigenvalue weighted by Gasteiger charge is -2.42. The summed E-state index contributed by atoms with van der Waals surface area (Å²) in [5.41, 5.74) is 3.32. The highest BCUT2D eigenvalue weighted by Crippen LogP contribution is 2.37. The Morgan fingerprint density at radius 3 is 2.50 bits per heavy atom. The number of amides is 1. The van der Waals surface area contributed by atoms with Crippen molar-refractivity contribution in [2.75, 3.05) is 45.4 Å². The molecule has 44 heavy (non-hydrogen) atoms. The van der Waals surface area contributed by atoms with Crippen LogP contribution in [0, 0.1) is 6.92 Å². The molecule has 0 aliphatic carbocycles. The third kappa shape index (κ3) is 6.08. The first-order chi connectivity index (χ1) is 21.1. The molecule has 0 N–H and O–H groups in total. The first-order valence-corrected chi connectivity index (χ1v) is 14.6. The quantitative estimate of drug-likeness (QED) is 0.224. The summed E-state index contributed by atoms with van der Waals surface area (Å²) < 4.78 is 31.1. The van der Waals surface area contributed by atoms with E-state index in [2.05, 4.69) is 15.0 Å². The fourth-order valence-corrected chi connectivity index (χ4v) is 5.33. The molecule has 0 radical (unpaired) electrons. The van der Waals surface area contributed by atoms with Crippen molar-refractivity contribution in [2.45, 2.75) is 39.3 Å². The van der Waals surface area contributed by atoms with Crippen LogP contribution in [0.2, 0.25) is 0 Å². The number of carbonyl (C=O) groups excluding carboxylic acids is 1. The number of fused-ring (bicyclic) bond motifs is 2. The number of aromatic nitrogens is 3. The zero-order chi connectivity index (χ0) is 31.0. The normalized spacial score (nSPS) is 15.5. The Balaban J connectivity index is 1.30. The van der Waals surface area contributed by atoms with Gasteiger partial charge in [-0.1, -0.05) is 0 Å². The van der Waals surface area contributed by atoms with E-state index < -0.39 is 5.60 Å². The summed E-state index contributed by atoms with van der Waals surface area (Å²) in [4.78, 5) is 21.7. The van der Waals surface area contributed by atoms with Crippen molar-refractivity contribution in [3.63, 3.8) is 0 Å². The van der Waals surface area contributed by atoms with Gasteiger partial charge in [-0.2, -0.15) is 5.10 Å². The zero-order valence-corrected chi connectivity index (χ0v) is 25.9. The van der Waals surface area contributed by atoms with Crippen molar-refractivity contribution < 1.29 is 28.2 Å². The summed E-state index contributed by atoms with van der Waals surface area (Å²) in [5, 5.41) is 5.29. The van der Waals surface area contributed by atoms with Gasteiger partial charge in [-0.05, 0) is 70.2 Å². The summed E-state index contributed by atoms with van der Waals surface area (Å²) in [6, 6.07) is 17.2. The average Bonchev–Trinajstić information content (AvgIpc) is 3.63. The van der Waals surface area contributed by atoms with Gasteiger partial charge in [0.05, 0.1) is 37.5 Å². The summed E-state index contributed by atoms with van der Waals surface area (Å²) >= 11 is 0. The third-order valence-electron chi connectivity index (χ3n) is 7.48. The van der Waals surface area contributed by atoms with Crippen LogP contribution < -0.4 is 19.1 Å². The molecule has 6 rings (SSSR count). The SMILES string of the molecule is COc1ccc(N2CCN(C(=O)OC(C)(C)C)CC2COc2cc(OC)cc3oc(-c4cn5nc(C)ccc5n4)cc23)cc1. The molecule has 1 aliphatic heterocycles. The maximum atomic E-state index is 13.0. The minimum Gasteiger partial charge on any atom is -0.497 e. The molecular formula is C33H37N5O6. The van der Waals surface area contributed by atoms with Gasteiger partial charge in [0.25, 0.3) is 0 Å². The van der Waals surface area contributed by atoms with E-state index in [1.807, 2.05) is 88.5 Å². The van der Waals surface area contributed by atoms with Crippen molar-refractivity contribution >= 4 is 28.4 Å². The van der Waals surface area contributed by atoms with Gasteiger partial charge in [-0.15, -0.1) is 0 Å². The molecule has 5 aromatic rings. The lowest BCUT2D eigenvalue weighted by atomic mass is 10.1. The van der Waals surface area contributed by atoms with E-state index in [1.54, 1.807) is 23.6 Å². The van der Waals surface area contributed by atoms with Gasteiger partial charge in [-0.25, -0.2) is 14.3 Å². The van der Waals surface area contributed by atoms with Crippen LogP contribution in [0.15, 0.2) is 65.2 Å². The largest absolute Gasteiger partial charge is 0.497 e. The van der Waals surface area contributed by atoms with Crippen LogP contribution in [-0.2, 0) is 4.74 Å². The maximum Gasteiger partial charge on any atom is 0.410 e. The summed E-state index contributed by atoms with van der Waals surface area (Å²) in [6.07, 6.45) is 1.51. The van der Waals surface area contributed by atoms with Crippen LogP contribution in [0.25, 0.3) is 28.1 Å². The molecule has 0 saturated carbocycles. The lowest BCUT2D eigenvalue weighted by Crippen LogP contribution is -2.57. The van der Waals surface area contributed by atoms with Crippen molar-refractivity contribution in [1.82, 2.24) is 19.5 Å². The lowest BCUT2D eigenvalue weighted by molar-refractivity contribution is 0.0201. The number of furan rings is 1. The Morgan fingerprint density at radius 1 is 1.00 bits per heavy atom. The van der Waals surface area contributed by atoms with Gasteiger partial charge >= 0.3 is 6.09 Å². The maximum absolute atomic E-state index is 13.0. The Morgan fingerprint density at radius 2 is 1.77 bits per heavy atom. The highest BCUT2D eigenvalue weighted by Gasteiger charge is 2.33. The number of methoxy groups -OCH3 is 2. The van der Waals surface area contributed by atoms with Crippen LogP contribution >= 0.6 is 0 Å². The molecule has 11 heteroatoms. The highest BCUT2D eigenvalue weighted by molar-refractivity contribution is 5.89. The van der Waals surface area contributed by atoms with Crippen molar-refractivity contribution in [2.24, 2.45) is 0 Å². The van der Waals surface area contributed by atoms with Gasteiger partial charge in [0.2, 0.25) is 0 Å². The predicted molar refractivity (Wildman–Crippen MR) is 167 cm³/mol. The number of aryl methyl sites for hydroxylation is 1. The topological polar surface area (TPSA) is 104 Å². The number of rotatable bonds is 7. The van der Waals surface area contributed by atoms with Crippen LogP contribution in [0.4, 0.5) is 10.5 Å². The highest BCUT2D eigenvalue weighted by atomic mass is 16.6. The van der Waals surface area contributed by atoms with E-state index in [0.29, 0.717) is 54.8 Å². The van der Waals surface area contributed by atoms with E-state index in [-0.39, 0.29) is 12.1 Å². The van der Waals surface area contributed by atoms with Crippen LogP contribution in [0.3, 0.4) is 0 Å². The van der Waals surface area contributed by atoms with Gasteiger partial charge in [0.1, 0.15) is 40.7 Å². The zero-order valence-electron chi connectivity index (χ0n) is 25.9. The molecule has 230 valence electrons. The van der Waals surface area contributed by atoms with Crippen molar-refractivity contribution in [3.05, 3.63) is 66.5 Å². The van der Waals surface area contributed by atoms with Gasteiger partial charge in [0, 0.05) is 37.5 Å². The summed E-state index contributed by atoms with van der Waals surface area (Å²) in [7, 11) is 3.25. The molecule has 1 atom stereocenters. The second-order valence-electron chi connectivity index (χ2n) is 11.8. The Hall–Kier alpha value is -4.93. The first kappa shape index (κ1) is 29.2. The number of nitrogens with zero attached hydrogens (tertiary/aromatic N) is 5. The van der Waals surface area contributed by atoms with E-state index in [0.717, 1.165) is 28.2 Å². The molecular weight excluding hydrogens is 562 g/mol. The molecule has 1 amide bonds. The number of ether oxygens (including phenoxy) is 4. The minimum atomic E-state index is -0.586. The fourth-order valence-electron chi connectivity index (χ4n) is 5.33. The summed E-state index contributed by atoms with van der Waals surface area (Å²) in [5.74, 6) is 2.58. The molecule has 0 bridgehead atoms. The average molecular weight is 600 g/mol. The number of benzene rings is 2. The minimum absolute atomic E-state index is 0.162. The van der Waals surface area contributed by atoms with E-state index >= 15 is 0 Å². The number of hydrogen-bond donors (Lipinski definition) is 0. The standard InChI is InChI=1S/C33H37N5O6/c1-21-7-12-31-34-27(19-38(31)35-21)30-17-26-28(15-25(41-6)16-29(26)43-30)42-20-23-18-36(32(39)44-33(2,3)4)13-14-37(23)22-8-10-24(40-5)11-9-22/h7-12,15-17,19,23H,13-14,18,20H2,1-6H3.